The number of piperidine rings is 1. The first-order chi connectivity index (χ1) is 14.2. The predicted octanol–water partition coefficient (Wildman–Crippen LogP) is 3.91. The topological polar surface area (TPSA) is 43.4 Å². The summed E-state index contributed by atoms with van der Waals surface area (Å²) in [5.74, 6) is 1.26. The van der Waals surface area contributed by atoms with E-state index in [1.165, 1.54) is 41.7 Å². The zero-order chi connectivity index (χ0) is 20.1. The molecule has 2 aromatic rings. The molecule has 1 saturated heterocycles. The van der Waals surface area contributed by atoms with E-state index < -0.39 is 0 Å². The van der Waals surface area contributed by atoms with Gasteiger partial charge in [0, 0.05) is 37.3 Å². The van der Waals surface area contributed by atoms with E-state index in [0.717, 1.165) is 50.4 Å². The van der Waals surface area contributed by atoms with Crippen molar-refractivity contribution in [3.63, 3.8) is 0 Å². The van der Waals surface area contributed by atoms with Crippen LogP contribution in [0.4, 0.5) is 5.69 Å². The molecule has 2 N–H and O–H groups in total. The van der Waals surface area contributed by atoms with Crippen molar-refractivity contribution in [2.45, 2.75) is 25.7 Å². The van der Waals surface area contributed by atoms with Crippen LogP contribution in [-0.4, -0.2) is 61.6 Å². The van der Waals surface area contributed by atoms with Gasteiger partial charge in [-0.1, -0.05) is 24.3 Å². The summed E-state index contributed by atoms with van der Waals surface area (Å²) in [5.41, 5.74) is 4.52. The minimum absolute atomic E-state index is 0.827. The third-order valence-corrected chi connectivity index (χ3v) is 5.74. The van der Waals surface area contributed by atoms with Crippen molar-refractivity contribution in [3.8, 4) is 0 Å². The highest BCUT2D eigenvalue weighted by atomic mass is 15.2. The molecule has 5 nitrogen and oxygen atoms in total. The molecule has 4 rings (SSSR count). The van der Waals surface area contributed by atoms with Crippen LogP contribution in [0.1, 0.15) is 31.4 Å². The highest BCUT2D eigenvalue weighted by Crippen LogP contribution is 2.27. The smallest absolute Gasteiger partial charge is 0.102 e. The molecule has 0 spiro atoms. The molecule has 0 bridgehead atoms. The second kappa shape index (κ2) is 9.31. The second-order valence-corrected chi connectivity index (χ2v) is 8.30. The van der Waals surface area contributed by atoms with Crippen LogP contribution in [0.15, 0.2) is 48.3 Å². The van der Waals surface area contributed by atoms with Gasteiger partial charge in [-0.15, -0.1) is 0 Å². The maximum absolute atomic E-state index is 4.95. The average Bonchev–Trinajstić information content (AvgIpc) is 2.77. The summed E-state index contributed by atoms with van der Waals surface area (Å²) in [5, 5.41) is 8.46. The highest BCUT2D eigenvalue weighted by Gasteiger charge is 2.17. The summed E-state index contributed by atoms with van der Waals surface area (Å²) < 4.78 is 0. The van der Waals surface area contributed by atoms with Gasteiger partial charge in [0.05, 0.1) is 11.2 Å². The number of hydrogen-bond donors (Lipinski definition) is 2. The summed E-state index contributed by atoms with van der Waals surface area (Å²) in [7, 11) is 4.24. The number of nitrogens with one attached hydrogen (secondary N) is 2. The van der Waals surface area contributed by atoms with Gasteiger partial charge >= 0.3 is 0 Å². The third kappa shape index (κ3) is 4.91. The number of nitrogens with zero attached hydrogens (tertiary/aromatic N) is 3. The fourth-order valence-corrected chi connectivity index (χ4v) is 4.12. The number of pyridine rings is 1. The van der Waals surface area contributed by atoms with Crippen molar-refractivity contribution in [2.75, 3.05) is 52.1 Å². The van der Waals surface area contributed by atoms with Gasteiger partial charge in [-0.2, -0.15) is 0 Å². The van der Waals surface area contributed by atoms with E-state index in [-0.39, 0.29) is 0 Å². The quantitative estimate of drug-likeness (QED) is 0.701. The molecular formula is C24H33N5. The molecular weight excluding hydrogens is 358 g/mol. The lowest BCUT2D eigenvalue weighted by atomic mass is 10.1. The van der Waals surface area contributed by atoms with Crippen molar-refractivity contribution in [2.24, 2.45) is 0 Å². The Balaban J connectivity index is 1.55. The molecule has 0 atom stereocenters. The molecule has 0 amide bonds. The SMILES string of the molecule is CN(C)CCCNc1cc(C2=CC=C(N3CCCCC3)NC2)nc2ccccc12. The molecule has 2 aliphatic rings. The number of allylic oxidation sites excluding steroid dienone is 2. The number of fused-ring (bicyclic) bond motifs is 1. The van der Waals surface area contributed by atoms with Crippen LogP contribution in [-0.2, 0) is 0 Å². The third-order valence-electron chi connectivity index (χ3n) is 5.74. The van der Waals surface area contributed by atoms with Gasteiger partial charge in [-0.3, -0.25) is 0 Å². The lowest BCUT2D eigenvalue weighted by Gasteiger charge is -2.33. The Morgan fingerprint density at radius 1 is 1.10 bits per heavy atom. The standard InChI is InChI=1S/C24H33N5/c1-28(2)14-8-13-25-23-17-22(27-21-10-5-4-9-20(21)23)19-11-12-24(26-18-19)29-15-6-3-7-16-29/h4-5,9-12,17,26H,3,6-8,13-16,18H2,1-2H3,(H,25,27). The highest BCUT2D eigenvalue weighted by molar-refractivity contribution is 5.93. The van der Waals surface area contributed by atoms with Gasteiger partial charge in [0.2, 0.25) is 0 Å². The second-order valence-electron chi connectivity index (χ2n) is 8.30. The van der Waals surface area contributed by atoms with Gasteiger partial charge < -0.3 is 20.4 Å². The average molecular weight is 392 g/mol. The van der Waals surface area contributed by atoms with E-state index in [1.807, 2.05) is 0 Å². The van der Waals surface area contributed by atoms with Crippen molar-refractivity contribution < 1.29 is 0 Å². The van der Waals surface area contributed by atoms with Crippen molar-refractivity contribution in [3.05, 3.63) is 54.0 Å². The normalized spacial score (nSPS) is 17.1. The van der Waals surface area contributed by atoms with E-state index in [4.69, 9.17) is 4.98 Å². The van der Waals surface area contributed by atoms with Crippen LogP contribution < -0.4 is 10.6 Å². The maximum Gasteiger partial charge on any atom is 0.102 e. The molecule has 3 heterocycles. The molecule has 2 aliphatic heterocycles. The zero-order valence-corrected chi connectivity index (χ0v) is 17.7. The number of aromatic nitrogens is 1. The zero-order valence-electron chi connectivity index (χ0n) is 17.7. The molecule has 0 unspecified atom stereocenters. The Labute approximate surface area is 174 Å². The minimum atomic E-state index is 0.827. The lowest BCUT2D eigenvalue weighted by molar-refractivity contribution is 0.269. The van der Waals surface area contributed by atoms with E-state index >= 15 is 0 Å². The largest absolute Gasteiger partial charge is 0.384 e. The van der Waals surface area contributed by atoms with Gasteiger partial charge in [0.15, 0.2) is 0 Å². The molecule has 5 heteroatoms. The molecule has 0 aliphatic carbocycles. The number of dihydropyridines is 1. The molecule has 1 fully saturated rings. The number of benzene rings is 1. The number of para-hydroxylation sites is 1. The van der Waals surface area contributed by atoms with Gasteiger partial charge in [0.25, 0.3) is 0 Å². The molecule has 0 radical (unpaired) electrons. The van der Waals surface area contributed by atoms with Gasteiger partial charge in [-0.25, -0.2) is 4.98 Å². The Bertz CT molecular complexity index is 893. The summed E-state index contributed by atoms with van der Waals surface area (Å²) in [6.45, 7) is 5.20. The molecule has 0 saturated carbocycles. The van der Waals surface area contributed by atoms with Gasteiger partial charge in [-0.05, 0) is 70.1 Å². The van der Waals surface area contributed by atoms with Crippen LogP contribution in [0, 0.1) is 0 Å². The number of rotatable bonds is 7. The molecule has 154 valence electrons. The number of likely N-dealkylation sites (tertiary alicyclic amines) is 1. The van der Waals surface area contributed by atoms with Crippen LogP contribution in [0.5, 0.6) is 0 Å². The van der Waals surface area contributed by atoms with Crippen LogP contribution in [0.25, 0.3) is 16.5 Å². The van der Waals surface area contributed by atoms with Crippen LogP contribution in [0.3, 0.4) is 0 Å². The summed E-state index contributed by atoms with van der Waals surface area (Å²) >= 11 is 0. The van der Waals surface area contributed by atoms with Crippen molar-refractivity contribution in [1.82, 2.24) is 20.1 Å². The summed E-state index contributed by atoms with van der Waals surface area (Å²) in [6, 6.07) is 10.6. The van der Waals surface area contributed by atoms with E-state index in [2.05, 4.69) is 77.0 Å². The van der Waals surface area contributed by atoms with Crippen LogP contribution >= 0.6 is 0 Å². The van der Waals surface area contributed by atoms with Gasteiger partial charge in [0.1, 0.15) is 5.82 Å². The Morgan fingerprint density at radius 3 is 2.69 bits per heavy atom. The predicted molar refractivity (Wildman–Crippen MR) is 123 cm³/mol. The van der Waals surface area contributed by atoms with Crippen molar-refractivity contribution >= 4 is 22.2 Å². The minimum Gasteiger partial charge on any atom is -0.384 e. The first-order valence-electron chi connectivity index (χ1n) is 10.9. The fraction of sp³-hybridized carbons (Fsp3) is 0.458. The van der Waals surface area contributed by atoms with E-state index in [0.29, 0.717) is 0 Å². The lowest BCUT2D eigenvalue weighted by Crippen LogP contribution is -2.37. The van der Waals surface area contributed by atoms with Crippen molar-refractivity contribution in [1.29, 1.82) is 0 Å². The fourth-order valence-electron chi connectivity index (χ4n) is 4.12. The molecule has 1 aromatic carbocycles. The Hall–Kier alpha value is -2.53. The molecule has 29 heavy (non-hydrogen) atoms. The Morgan fingerprint density at radius 2 is 1.93 bits per heavy atom. The van der Waals surface area contributed by atoms with Crippen LogP contribution in [0.2, 0.25) is 0 Å². The summed E-state index contributed by atoms with van der Waals surface area (Å²) in [4.78, 5) is 9.65. The monoisotopic (exact) mass is 391 g/mol. The Kier molecular flexibility index (Phi) is 6.35. The number of anilines is 1. The maximum atomic E-state index is 4.95. The molecule has 1 aromatic heterocycles. The summed E-state index contributed by atoms with van der Waals surface area (Å²) in [6.07, 6.45) is 9.54. The number of hydrogen-bond acceptors (Lipinski definition) is 5. The first-order valence-corrected chi connectivity index (χ1v) is 10.9. The van der Waals surface area contributed by atoms with E-state index in [9.17, 15) is 0 Å². The first kappa shape index (κ1) is 19.8. The van der Waals surface area contributed by atoms with E-state index in [1.54, 1.807) is 0 Å².